The highest BCUT2D eigenvalue weighted by atomic mass is 32.2. The first kappa shape index (κ1) is 28.8. The summed E-state index contributed by atoms with van der Waals surface area (Å²) in [6.07, 6.45) is 1.32. The van der Waals surface area contributed by atoms with E-state index in [1.54, 1.807) is 18.3 Å². The van der Waals surface area contributed by atoms with E-state index in [4.69, 9.17) is 4.74 Å². The van der Waals surface area contributed by atoms with Crippen LogP contribution in [0.4, 0.5) is 34.5 Å². The summed E-state index contributed by atoms with van der Waals surface area (Å²) in [6.45, 7) is 2.92. The van der Waals surface area contributed by atoms with Crippen LogP contribution in [-0.2, 0) is 16.0 Å². The number of aromatic nitrogens is 3. The fourth-order valence-electron chi connectivity index (χ4n) is 3.36. The number of halogens is 3. The van der Waals surface area contributed by atoms with E-state index in [0.29, 0.717) is 17.9 Å². The molecule has 0 aliphatic rings. The number of thiazole rings is 1. The maximum Gasteiger partial charge on any atom is 0.416 e. The molecule has 0 saturated heterocycles. The molecule has 0 saturated carbocycles. The van der Waals surface area contributed by atoms with Gasteiger partial charge in [0.1, 0.15) is 5.75 Å². The van der Waals surface area contributed by atoms with Crippen LogP contribution in [0.1, 0.15) is 18.9 Å². The molecule has 0 spiro atoms. The molecule has 2 amide bonds. The molecule has 2 heterocycles. The number of amides is 2. The molecule has 0 radical (unpaired) electrons. The average Bonchev–Trinajstić information content (AvgIpc) is 3.37. The monoisotopic (exact) mass is 592 g/mol. The second-order valence-corrected chi connectivity index (χ2v) is 11.4. The quantitative estimate of drug-likeness (QED) is 0.207. The Morgan fingerprint density at radius 2 is 1.70 bits per heavy atom. The van der Waals surface area contributed by atoms with Gasteiger partial charge in [-0.15, -0.1) is 0 Å². The van der Waals surface area contributed by atoms with E-state index in [2.05, 4.69) is 37.8 Å². The molecule has 0 aliphatic carbocycles. The van der Waals surface area contributed by atoms with Crippen LogP contribution in [0.25, 0.3) is 10.4 Å². The van der Waals surface area contributed by atoms with Gasteiger partial charge < -0.3 is 20.7 Å². The highest BCUT2D eigenvalue weighted by molar-refractivity contribution is 7.90. The van der Waals surface area contributed by atoms with Crippen molar-refractivity contribution < 1.29 is 31.1 Å². The Bertz CT molecular complexity index is 1590. The standard InChI is InChI=1S/C25H23F3N6O4S2/c1-3-10-29-24-32-14-20(39-24)15-4-7-18(8-5-15)38-23-30-12-17(13-31-23)33-22(35)34-19-11-16(25(26,27)28)6-9-21(19)40(2,36)37/h4-9,11-14H,3,10H2,1-2H3,(H,29,32)(H2,33,34,35). The SMILES string of the molecule is CCCNc1ncc(-c2ccc(Oc3ncc(NC(=O)Nc4cc(C(F)(F)F)ccc4S(C)(=O)=O)cn3)cc2)s1. The van der Waals surface area contributed by atoms with E-state index in [1.807, 2.05) is 12.1 Å². The Morgan fingerprint density at radius 3 is 2.33 bits per heavy atom. The molecule has 0 aliphatic heterocycles. The first-order chi connectivity index (χ1) is 18.9. The van der Waals surface area contributed by atoms with Gasteiger partial charge in [0.2, 0.25) is 0 Å². The van der Waals surface area contributed by atoms with Crippen molar-refractivity contribution in [3.8, 4) is 22.2 Å². The molecule has 15 heteroatoms. The van der Waals surface area contributed by atoms with E-state index in [0.717, 1.165) is 40.9 Å². The summed E-state index contributed by atoms with van der Waals surface area (Å²) in [5, 5.41) is 8.57. The molecule has 0 unspecified atom stereocenters. The topological polar surface area (TPSA) is 135 Å². The molecular weight excluding hydrogens is 569 g/mol. The minimum Gasteiger partial charge on any atom is -0.424 e. The van der Waals surface area contributed by atoms with Crippen LogP contribution in [0, 0.1) is 0 Å². The van der Waals surface area contributed by atoms with E-state index in [1.165, 1.54) is 23.7 Å². The molecule has 210 valence electrons. The minimum atomic E-state index is -4.73. The number of nitrogens with one attached hydrogen (secondary N) is 3. The number of urea groups is 1. The molecule has 0 bridgehead atoms. The van der Waals surface area contributed by atoms with Gasteiger partial charge in [-0.05, 0) is 54.4 Å². The van der Waals surface area contributed by atoms with Gasteiger partial charge in [-0.3, -0.25) is 0 Å². The summed E-state index contributed by atoms with van der Waals surface area (Å²) >= 11 is 1.54. The first-order valence-electron chi connectivity index (χ1n) is 11.7. The minimum absolute atomic E-state index is 0.0141. The summed E-state index contributed by atoms with van der Waals surface area (Å²) in [6, 6.07) is 8.17. The van der Waals surface area contributed by atoms with E-state index >= 15 is 0 Å². The number of hydrogen-bond donors (Lipinski definition) is 3. The van der Waals surface area contributed by atoms with Gasteiger partial charge in [0.25, 0.3) is 0 Å². The predicted molar refractivity (Wildman–Crippen MR) is 146 cm³/mol. The van der Waals surface area contributed by atoms with Crippen molar-refractivity contribution in [3.05, 3.63) is 66.6 Å². The van der Waals surface area contributed by atoms with E-state index < -0.39 is 38.2 Å². The summed E-state index contributed by atoms with van der Waals surface area (Å²) in [7, 11) is -3.93. The molecule has 10 nitrogen and oxygen atoms in total. The van der Waals surface area contributed by atoms with Crippen LogP contribution >= 0.6 is 11.3 Å². The third kappa shape index (κ3) is 7.45. The van der Waals surface area contributed by atoms with E-state index in [-0.39, 0.29) is 11.7 Å². The zero-order valence-electron chi connectivity index (χ0n) is 21.1. The Hall–Kier alpha value is -4.24. The van der Waals surface area contributed by atoms with Gasteiger partial charge in [0.05, 0.1) is 39.1 Å². The Balaban J connectivity index is 1.38. The fourth-order valence-corrected chi connectivity index (χ4v) is 5.03. The molecule has 2 aromatic carbocycles. The number of nitrogens with zero attached hydrogens (tertiary/aromatic N) is 3. The van der Waals surface area contributed by atoms with Crippen molar-refractivity contribution in [3.63, 3.8) is 0 Å². The highest BCUT2D eigenvalue weighted by Crippen LogP contribution is 2.34. The van der Waals surface area contributed by atoms with E-state index in [9.17, 15) is 26.4 Å². The van der Waals surface area contributed by atoms with Crippen LogP contribution in [0.3, 0.4) is 0 Å². The van der Waals surface area contributed by atoms with Crippen LogP contribution in [0.2, 0.25) is 0 Å². The zero-order chi connectivity index (χ0) is 28.9. The summed E-state index contributed by atoms with van der Waals surface area (Å²) < 4.78 is 68.9. The largest absolute Gasteiger partial charge is 0.424 e. The smallest absolute Gasteiger partial charge is 0.416 e. The lowest BCUT2D eigenvalue weighted by Crippen LogP contribution is -2.21. The number of ether oxygens (including phenoxy) is 1. The zero-order valence-corrected chi connectivity index (χ0v) is 22.7. The van der Waals surface area contributed by atoms with Crippen molar-refractivity contribution in [2.24, 2.45) is 0 Å². The molecular formula is C25H23F3N6O4S2. The number of anilines is 3. The molecule has 0 atom stereocenters. The third-order valence-corrected chi connectivity index (χ3v) is 7.38. The van der Waals surface area contributed by atoms with Crippen molar-refractivity contribution in [2.75, 3.05) is 28.8 Å². The number of hydrogen-bond acceptors (Lipinski definition) is 9. The molecule has 4 aromatic rings. The van der Waals surface area contributed by atoms with Crippen molar-refractivity contribution in [2.45, 2.75) is 24.4 Å². The van der Waals surface area contributed by atoms with Crippen molar-refractivity contribution in [1.82, 2.24) is 15.0 Å². The van der Waals surface area contributed by atoms with Gasteiger partial charge in [-0.2, -0.15) is 13.2 Å². The van der Waals surface area contributed by atoms with Crippen molar-refractivity contribution >= 4 is 43.7 Å². The summed E-state index contributed by atoms with van der Waals surface area (Å²) in [5.41, 5.74) is -0.591. The first-order valence-corrected chi connectivity index (χ1v) is 14.4. The Labute approximate surface area is 231 Å². The number of sulfone groups is 1. The summed E-state index contributed by atoms with van der Waals surface area (Å²) in [5.74, 6) is 0.467. The molecule has 3 N–H and O–H groups in total. The lowest BCUT2D eigenvalue weighted by Gasteiger charge is -2.14. The molecule has 2 aromatic heterocycles. The van der Waals surface area contributed by atoms with Crippen LogP contribution < -0.4 is 20.7 Å². The number of rotatable bonds is 9. The molecule has 40 heavy (non-hydrogen) atoms. The fraction of sp³-hybridized carbons (Fsp3) is 0.200. The van der Waals surface area contributed by atoms with Gasteiger partial charge in [0, 0.05) is 19.0 Å². The van der Waals surface area contributed by atoms with Crippen LogP contribution in [0.15, 0.2) is 66.0 Å². The molecule has 0 fully saturated rings. The maximum absolute atomic E-state index is 13.1. The lowest BCUT2D eigenvalue weighted by molar-refractivity contribution is -0.137. The Kier molecular flexibility index (Phi) is 8.54. The van der Waals surface area contributed by atoms with Gasteiger partial charge in [0.15, 0.2) is 15.0 Å². The Morgan fingerprint density at radius 1 is 1.00 bits per heavy atom. The predicted octanol–water partition coefficient (Wildman–Crippen LogP) is 6.28. The van der Waals surface area contributed by atoms with Gasteiger partial charge in [-0.25, -0.2) is 28.2 Å². The van der Waals surface area contributed by atoms with Gasteiger partial charge in [-0.1, -0.05) is 18.3 Å². The van der Waals surface area contributed by atoms with Crippen molar-refractivity contribution in [1.29, 1.82) is 0 Å². The number of carbonyl (C=O) groups is 1. The second-order valence-electron chi connectivity index (χ2n) is 8.40. The van der Waals surface area contributed by atoms with Crippen LogP contribution in [-0.4, -0.2) is 42.2 Å². The third-order valence-electron chi connectivity index (χ3n) is 5.22. The second kappa shape index (κ2) is 11.9. The van der Waals surface area contributed by atoms with Gasteiger partial charge >= 0.3 is 18.2 Å². The maximum atomic E-state index is 13.1. The highest BCUT2D eigenvalue weighted by Gasteiger charge is 2.32. The average molecular weight is 593 g/mol. The molecule has 4 rings (SSSR count). The lowest BCUT2D eigenvalue weighted by atomic mass is 10.2. The number of benzene rings is 2. The summed E-state index contributed by atoms with van der Waals surface area (Å²) in [4.78, 5) is 25.3. The van der Waals surface area contributed by atoms with Crippen LogP contribution in [0.5, 0.6) is 11.8 Å². The number of alkyl halides is 3. The normalized spacial score (nSPS) is 11.6. The number of carbonyl (C=O) groups excluding carboxylic acids is 1.